The van der Waals surface area contributed by atoms with E-state index in [-0.39, 0.29) is 5.91 Å². The smallest absolute Gasteiger partial charge is 0.326 e. The first-order valence-corrected chi connectivity index (χ1v) is 7.82. The van der Waals surface area contributed by atoms with E-state index in [1.807, 2.05) is 6.92 Å². The Morgan fingerprint density at radius 1 is 1.30 bits per heavy atom. The van der Waals surface area contributed by atoms with Gasteiger partial charge in [0.15, 0.2) is 11.5 Å². The summed E-state index contributed by atoms with van der Waals surface area (Å²) in [6.45, 7) is 2.51. The molecule has 1 heterocycles. The SMILES string of the molecule is CCCc1cc(C(=O)N2CCC[C@@H]2C(=O)O)cc(OC)c1OC. The number of aryl methyl sites for hydroxylation is 1. The summed E-state index contributed by atoms with van der Waals surface area (Å²) >= 11 is 0. The molecule has 23 heavy (non-hydrogen) atoms. The predicted molar refractivity (Wildman–Crippen MR) is 85.2 cm³/mol. The third-order valence-electron chi connectivity index (χ3n) is 4.12. The average molecular weight is 321 g/mol. The summed E-state index contributed by atoms with van der Waals surface area (Å²) in [6.07, 6.45) is 2.86. The number of carboxylic acid groups (broad SMARTS) is 1. The van der Waals surface area contributed by atoms with E-state index >= 15 is 0 Å². The maximum Gasteiger partial charge on any atom is 0.326 e. The van der Waals surface area contributed by atoms with E-state index in [9.17, 15) is 14.7 Å². The number of hydrogen-bond acceptors (Lipinski definition) is 4. The number of carbonyl (C=O) groups excluding carboxylic acids is 1. The van der Waals surface area contributed by atoms with Crippen molar-refractivity contribution in [2.24, 2.45) is 0 Å². The fourth-order valence-electron chi connectivity index (χ4n) is 3.05. The number of benzene rings is 1. The number of ether oxygens (including phenoxy) is 2. The number of carboxylic acids is 1. The van der Waals surface area contributed by atoms with Gasteiger partial charge in [0.05, 0.1) is 14.2 Å². The molecular formula is C17H23NO5. The summed E-state index contributed by atoms with van der Waals surface area (Å²) in [7, 11) is 3.09. The van der Waals surface area contributed by atoms with Crippen LogP contribution in [0.25, 0.3) is 0 Å². The molecule has 1 amide bonds. The van der Waals surface area contributed by atoms with E-state index in [2.05, 4.69) is 0 Å². The van der Waals surface area contributed by atoms with E-state index in [0.717, 1.165) is 18.4 Å². The zero-order valence-electron chi connectivity index (χ0n) is 13.8. The van der Waals surface area contributed by atoms with Gasteiger partial charge in [-0.05, 0) is 37.0 Å². The predicted octanol–water partition coefficient (Wildman–Crippen LogP) is 2.35. The van der Waals surface area contributed by atoms with Crippen LogP contribution in [0, 0.1) is 0 Å². The van der Waals surface area contributed by atoms with E-state index in [0.29, 0.717) is 36.4 Å². The van der Waals surface area contributed by atoms with Crippen molar-refractivity contribution in [3.05, 3.63) is 23.3 Å². The molecule has 1 aromatic rings. The number of amides is 1. The minimum absolute atomic E-state index is 0.270. The van der Waals surface area contributed by atoms with Gasteiger partial charge in [0, 0.05) is 12.1 Å². The Morgan fingerprint density at radius 3 is 2.61 bits per heavy atom. The highest BCUT2D eigenvalue weighted by atomic mass is 16.5. The lowest BCUT2D eigenvalue weighted by Crippen LogP contribution is -2.40. The van der Waals surface area contributed by atoms with Gasteiger partial charge in [0.2, 0.25) is 0 Å². The second-order valence-electron chi connectivity index (χ2n) is 5.62. The number of hydrogen-bond donors (Lipinski definition) is 1. The monoisotopic (exact) mass is 321 g/mol. The molecule has 1 aliphatic heterocycles. The minimum Gasteiger partial charge on any atom is -0.493 e. The Hall–Kier alpha value is -2.24. The van der Waals surface area contributed by atoms with Crippen molar-refractivity contribution in [1.82, 2.24) is 4.90 Å². The van der Waals surface area contributed by atoms with Crippen molar-refractivity contribution < 1.29 is 24.2 Å². The first-order valence-electron chi connectivity index (χ1n) is 7.82. The Balaban J connectivity index is 2.40. The van der Waals surface area contributed by atoms with Gasteiger partial charge < -0.3 is 19.5 Å². The molecular weight excluding hydrogens is 298 g/mol. The molecule has 0 radical (unpaired) electrons. The molecule has 6 heteroatoms. The number of likely N-dealkylation sites (tertiary alicyclic amines) is 1. The summed E-state index contributed by atoms with van der Waals surface area (Å²) in [6, 6.07) is 2.66. The molecule has 126 valence electrons. The molecule has 1 saturated heterocycles. The summed E-state index contributed by atoms with van der Waals surface area (Å²) in [5.74, 6) is -0.103. The number of methoxy groups -OCH3 is 2. The summed E-state index contributed by atoms with van der Waals surface area (Å²) < 4.78 is 10.7. The van der Waals surface area contributed by atoms with Crippen LogP contribution in [0.15, 0.2) is 12.1 Å². The highest BCUT2D eigenvalue weighted by Gasteiger charge is 2.34. The Bertz CT molecular complexity index is 599. The molecule has 0 spiro atoms. The first-order chi connectivity index (χ1) is 11.0. The second kappa shape index (κ2) is 7.35. The van der Waals surface area contributed by atoms with Gasteiger partial charge in [-0.25, -0.2) is 4.79 Å². The van der Waals surface area contributed by atoms with Crippen molar-refractivity contribution in [3.8, 4) is 11.5 Å². The Labute approximate surface area is 136 Å². The highest BCUT2D eigenvalue weighted by molar-refractivity contribution is 5.97. The van der Waals surface area contributed by atoms with Crippen molar-refractivity contribution in [3.63, 3.8) is 0 Å². The van der Waals surface area contributed by atoms with Crippen LogP contribution in [0.3, 0.4) is 0 Å². The quantitative estimate of drug-likeness (QED) is 0.870. The normalized spacial score (nSPS) is 17.2. The molecule has 6 nitrogen and oxygen atoms in total. The fraction of sp³-hybridized carbons (Fsp3) is 0.529. The Morgan fingerprint density at radius 2 is 2.04 bits per heavy atom. The largest absolute Gasteiger partial charge is 0.493 e. The van der Waals surface area contributed by atoms with Crippen molar-refractivity contribution in [2.75, 3.05) is 20.8 Å². The average Bonchev–Trinajstić information content (AvgIpc) is 3.03. The number of carbonyl (C=O) groups is 2. The maximum atomic E-state index is 12.8. The standard InChI is InChI=1S/C17H23NO5/c1-4-6-11-9-12(10-14(22-2)15(11)23-3)16(19)18-8-5-7-13(18)17(20)21/h9-10,13H,4-8H2,1-3H3,(H,20,21)/t13-/m1/s1. The molecule has 0 aromatic heterocycles. The molecule has 2 rings (SSSR count). The van der Waals surface area contributed by atoms with E-state index in [1.54, 1.807) is 19.2 Å². The van der Waals surface area contributed by atoms with Crippen LogP contribution in [0.5, 0.6) is 11.5 Å². The molecule has 0 bridgehead atoms. The van der Waals surface area contributed by atoms with Gasteiger partial charge in [0.25, 0.3) is 5.91 Å². The molecule has 1 aromatic carbocycles. The van der Waals surface area contributed by atoms with Gasteiger partial charge in [-0.2, -0.15) is 0 Å². The number of nitrogens with zero attached hydrogens (tertiary/aromatic N) is 1. The summed E-state index contributed by atoms with van der Waals surface area (Å²) in [5, 5.41) is 9.26. The zero-order valence-corrected chi connectivity index (χ0v) is 13.8. The minimum atomic E-state index is -0.954. The first kappa shape index (κ1) is 17.1. The van der Waals surface area contributed by atoms with Crippen LogP contribution in [0.4, 0.5) is 0 Å². The van der Waals surface area contributed by atoms with Gasteiger partial charge in [-0.3, -0.25) is 4.79 Å². The zero-order chi connectivity index (χ0) is 17.0. The van der Waals surface area contributed by atoms with Crippen molar-refractivity contribution in [1.29, 1.82) is 0 Å². The van der Waals surface area contributed by atoms with Gasteiger partial charge in [-0.15, -0.1) is 0 Å². The third kappa shape index (κ3) is 3.41. The van der Waals surface area contributed by atoms with Crippen LogP contribution in [0.2, 0.25) is 0 Å². The summed E-state index contributed by atoms with van der Waals surface area (Å²) in [5.41, 5.74) is 1.34. The molecule has 1 fully saturated rings. The maximum absolute atomic E-state index is 12.8. The fourth-order valence-corrected chi connectivity index (χ4v) is 3.05. The van der Waals surface area contributed by atoms with Gasteiger partial charge >= 0.3 is 5.97 Å². The van der Waals surface area contributed by atoms with Crippen molar-refractivity contribution >= 4 is 11.9 Å². The van der Waals surface area contributed by atoms with Gasteiger partial charge in [0.1, 0.15) is 6.04 Å². The number of aliphatic carboxylic acids is 1. The Kier molecular flexibility index (Phi) is 5.47. The van der Waals surface area contributed by atoms with E-state index in [1.165, 1.54) is 12.0 Å². The lowest BCUT2D eigenvalue weighted by Gasteiger charge is -2.22. The van der Waals surface area contributed by atoms with Crippen molar-refractivity contribution in [2.45, 2.75) is 38.6 Å². The van der Waals surface area contributed by atoms with Crippen LogP contribution in [-0.2, 0) is 11.2 Å². The molecule has 0 saturated carbocycles. The molecule has 0 unspecified atom stereocenters. The topological polar surface area (TPSA) is 76.1 Å². The van der Waals surface area contributed by atoms with E-state index in [4.69, 9.17) is 9.47 Å². The van der Waals surface area contributed by atoms with Gasteiger partial charge in [-0.1, -0.05) is 13.3 Å². The molecule has 1 N–H and O–H groups in total. The van der Waals surface area contributed by atoms with Crippen LogP contribution in [-0.4, -0.2) is 48.7 Å². The van der Waals surface area contributed by atoms with E-state index < -0.39 is 12.0 Å². The van der Waals surface area contributed by atoms with Crippen LogP contribution >= 0.6 is 0 Å². The number of rotatable bonds is 6. The lowest BCUT2D eigenvalue weighted by molar-refractivity contribution is -0.141. The van der Waals surface area contributed by atoms with Crippen LogP contribution in [0.1, 0.15) is 42.1 Å². The molecule has 1 aliphatic rings. The molecule has 1 atom stereocenters. The third-order valence-corrected chi connectivity index (χ3v) is 4.12. The lowest BCUT2D eigenvalue weighted by atomic mass is 10.0. The van der Waals surface area contributed by atoms with Crippen LogP contribution < -0.4 is 9.47 Å². The second-order valence-corrected chi connectivity index (χ2v) is 5.62. The molecule has 0 aliphatic carbocycles. The summed E-state index contributed by atoms with van der Waals surface area (Å²) in [4.78, 5) is 25.5. The highest BCUT2D eigenvalue weighted by Crippen LogP contribution is 2.34.